The third kappa shape index (κ3) is 7.46. The maximum atomic E-state index is 13.1. The molecule has 1 fully saturated rings. The zero-order valence-corrected chi connectivity index (χ0v) is 19.6. The van der Waals surface area contributed by atoms with E-state index in [0.29, 0.717) is 38.8 Å². The lowest BCUT2D eigenvalue weighted by atomic mass is 9.74. The van der Waals surface area contributed by atoms with Crippen molar-refractivity contribution in [3.63, 3.8) is 0 Å². The van der Waals surface area contributed by atoms with E-state index in [9.17, 15) is 14.4 Å². The lowest BCUT2D eigenvalue weighted by Crippen LogP contribution is -2.58. The van der Waals surface area contributed by atoms with Crippen LogP contribution in [-0.4, -0.2) is 54.3 Å². The number of hydrogen-bond acceptors (Lipinski definition) is 5. The van der Waals surface area contributed by atoms with Crippen LogP contribution in [0.4, 0.5) is 0 Å². The molecular formula is C24H37N5O3. The molecule has 8 nitrogen and oxygen atoms in total. The van der Waals surface area contributed by atoms with Crippen molar-refractivity contribution in [2.45, 2.75) is 58.0 Å². The topological polar surface area (TPSA) is 117 Å². The maximum Gasteiger partial charge on any atom is 0.244 e. The summed E-state index contributed by atoms with van der Waals surface area (Å²) in [5.41, 5.74) is 11.3. The predicted octanol–water partition coefficient (Wildman–Crippen LogP) is 1.28. The maximum absolute atomic E-state index is 13.1. The van der Waals surface area contributed by atoms with E-state index >= 15 is 0 Å². The Morgan fingerprint density at radius 1 is 1.25 bits per heavy atom. The Balaban J connectivity index is 2.09. The van der Waals surface area contributed by atoms with Gasteiger partial charge in [-0.25, -0.2) is 5.43 Å². The molecule has 0 spiro atoms. The molecule has 176 valence electrons. The average Bonchev–Trinajstić information content (AvgIpc) is 2.73. The molecular weight excluding hydrogens is 406 g/mol. The summed E-state index contributed by atoms with van der Waals surface area (Å²) in [5.74, 6) is -0.666. The molecule has 0 aliphatic carbocycles. The summed E-state index contributed by atoms with van der Waals surface area (Å²) in [6.07, 6.45) is 5.59. The zero-order valence-electron chi connectivity index (χ0n) is 19.6. The van der Waals surface area contributed by atoms with E-state index in [4.69, 9.17) is 5.73 Å². The number of nitrogens with two attached hydrogens (primary N) is 1. The van der Waals surface area contributed by atoms with Gasteiger partial charge in [0.1, 0.15) is 6.04 Å². The van der Waals surface area contributed by atoms with Crippen molar-refractivity contribution in [1.29, 1.82) is 0 Å². The van der Waals surface area contributed by atoms with Gasteiger partial charge in [-0.3, -0.25) is 19.8 Å². The average molecular weight is 444 g/mol. The smallest absolute Gasteiger partial charge is 0.244 e. The van der Waals surface area contributed by atoms with Crippen molar-refractivity contribution < 1.29 is 14.4 Å². The Bertz CT molecular complexity index is 819. The number of benzene rings is 1. The minimum absolute atomic E-state index is 0.134. The molecule has 1 aromatic carbocycles. The summed E-state index contributed by atoms with van der Waals surface area (Å²) in [5, 5.41) is 2.72. The number of nitrogens with one attached hydrogen (secondary N) is 3. The first kappa shape index (κ1) is 25.5. The van der Waals surface area contributed by atoms with Crippen LogP contribution in [0.2, 0.25) is 0 Å². The second-order valence-electron chi connectivity index (χ2n) is 9.34. The lowest BCUT2D eigenvalue weighted by molar-refractivity contribution is -0.144. The SMILES string of the molecule is CNNC(=O)[C@@]1(Cc2ccccc2)CCCN(C(=O)C(C)NC(=O)/C=C/CC(C)(C)N)C1. The fourth-order valence-electron chi connectivity index (χ4n) is 4.03. The van der Waals surface area contributed by atoms with Gasteiger partial charge < -0.3 is 16.0 Å². The van der Waals surface area contributed by atoms with Crippen LogP contribution < -0.4 is 21.9 Å². The number of likely N-dealkylation sites (tertiary alicyclic amines) is 1. The number of nitrogens with zero attached hydrogens (tertiary/aromatic N) is 1. The van der Waals surface area contributed by atoms with Crippen molar-refractivity contribution >= 4 is 17.7 Å². The molecule has 1 unspecified atom stereocenters. The van der Waals surface area contributed by atoms with Gasteiger partial charge in [0.2, 0.25) is 17.7 Å². The molecule has 0 aromatic heterocycles. The summed E-state index contributed by atoms with van der Waals surface area (Å²) in [6, 6.07) is 9.12. The Morgan fingerprint density at radius 3 is 2.56 bits per heavy atom. The molecule has 3 amide bonds. The van der Waals surface area contributed by atoms with E-state index in [0.717, 1.165) is 5.56 Å². The highest BCUT2D eigenvalue weighted by atomic mass is 16.2. The summed E-state index contributed by atoms with van der Waals surface area (Å²) in [6.45, 7) is 6.28. The molecule has 5 N–H and O–H groups in total. The number of hydrogen-bond donors (Lipinski definition) is 4. The summed E-state index contributed by atoms with van der Waals surface area (Å²) < 4.78 is 0. The third-order valence-corrected chi connectivity index (χ3v) is 5.64. The number of carbonyl (C=O) groups is 3. The quantitative estimate of drug-likeness (QED) is 0.339. The molecule has 8 heteroatoms. The van der Waals surface area contributed by atoms with Gasteiger partial charge in [0.25, 0.3) is 0 Å². The molecule has 1 heterocycles. The van der Waals surface area contributed by atoms with Crippen LogP contribution in [0.5, 0.6) is 0 Å². The molecule has 1 aromatic rings. The third-order valence-electron chi connectivity index (χ3n) is 5.64. The van der Waals surface area contributed by atoms with Gasteiger partial charge >= 0.3 is 0 Å². The first-order valence-corrected chi connectivity index (χ1v) is 11.1. The Morgan fingerprint density at radius 2 is 1.94 bits per heavy atom. The Hall–Kier alpha value is -2.71. The highest BCUT2D eigenvalue weighted by Crippen LogP contribution is 2.34. The van der Waals surface area contributed by atoms with Crippen molar-refractivity contribution in [1.82, 2.24) is 21.1 Å². The summed E-state index contributed by atoms with van der Waals surface area (Å²) in [4.78, 5) is 40.0. The second kappa shape index (κ2) is 11.2. The predicted molar refractivity (Wildman–Crippen MR) is 125 cm³/mol. The highest BCUT2D eigenvalue weighted by Gasteiger charge is 2.44. The van der Waals surface area contributed by atoms with E-state index in [1.54, 1.807) is 24.9 Å². The second-order valence-corrected chi connectivity index (χ2v) is 9.34. The van der Waals surface area contributed by atoms with Crippen LogP contribution in [0, 0.1) is 5.41 Å². The van der Waals surface area contributed by atoms with Crippen LogP contribution in [-0.2, 0) is 20.8 Å². The van der Waals surface area contributed by atoms with Gasteiger partial charge in [-0.1, -0.05) is 36.4 Å². The highest BCUT2D eigenvalue weighted by molar-refractivity contribution is 5.93. The van der Waals surface area contributed by atoms with Crippen molar-refractivity contribution in [2.75, 3.05) is 20.1 Å². The first-order chi connectivity index (χ1) is 15.1. The minimum atomic E-state index is -0.741. The van der Waals surface area contributed by atoms with Gasteiger partial charge in [-0.2, -0.15) is 0 Å². The van der Waals surface area contributed by atoms with Crippen LogP contribution in [0.3, 0.4) is 0 Å². The van der Waals surface area contributed by atoms with E-state index in [1.807, 2.05) is 44.2 Å². The molecule has 0 saturated carbocycles. The monoisotopic (exact) mass is 443 g/mol. The Kier molecular flexibility index (Phi) is 8.98. The zero-order chi connectivity index (χ0) is 23.8. The van der Waals surface area contributed by atoms with E-state index in [1.165, 1.54) is 6.08 Å². The molecule has 2 rings (SSSR count). The van der Waals surface area contributed by atoms with Gasteiger partial charge in [0.05, 0.1) is 5.41 Å². The van der Waals surface area contributed by atoms with E-state index in [2.05, 4.69) is 16.2 Å². The van der Waals surface area contributed by atoms with E-state index in [-0.39, 0.29) is 17.7 Å². The molecule has 1 saturated heterocycles. The van der Waals surface area contributed by atoms with Crippen molar-refractivity contribution in [3.8, 4) is 0 Å². The number of piperidine rings is 1. The molecule has 1 aliphatic heterocycles. The van der Waals surface area contributed by atoms with Gasteiger partial charge in [0, 0.05) is 25.7 Å². The van der Waals surface area contributed by atoms with Crippen LogP contribution in [0.1, 0.15) is 45.6 Å². The molecule has 32 heavy (non-hydrogen) atoms. The number of carbonyl (C=O) groups excluding carboxylic acids is 3. The van der Waals surface area contributed by atoms with Crippen molar-refractivity contribution in [3.05, 3.63) is 48.0 Å². The molecule has 1 aliphatic rings. The normalized spacial score (nSPS) is 20.1. The first-order valence-electron chi connectivity index (χ1n) is 11.1. The van der Waals surface area contributed by atoms with Crippen LogP contribution in [0.25, 0.3) is 0 Å². The van der Waals surface area contributed by atoms with Gasteiger partial charge in [-0.05, 0) is 58.1 Å². The van der Waals surface area contributed by atoms with Crippen LogP contribution in [0.15, 0.2) is 42.5 Å². The number of rotatable bonds is 9. The number of amides is 3. The molecule has 0 radical (unpaired) electrons. The largest absolute Gasteiger partial charge is 0.341 e. The lowest BCUT2D eigenvalue weighted by Gasteiger charge is -2.42. The van der Waals surface area contributed by atoms with E-state index < -0.39 is 17.0 Å². The minimum Gasteiger partial charge on any atom is -0.341 e. The van der Waals surface area contributed by atoms with Gasteiger partial charge in [-0.15, -0.1) is 0 Å². The summed E-state index contributed by atoms with van der Waals surface area (Å²) in [7, 11) is 1.65. The van der Waals surface area contributed by atoms with Gasteiger partial charge in [0.15, 0.2) is 0 Å². The fraction of sp³-hybridized carbons (Fsp3) is 0.542. The summed E-state index contributed by atoms with van der Waals surface area (Å²) >= 11 is 0. The number of hydrazine groups is 1. The molecule has 0 bridgehead atoms. The van der Waals surface area contributed by atoms with Crippen LogP contribution >= 0.6 is 0 Å². The Labute approximate surface area is 191 Å². The molecule has 2 atom stereocenters. The van der Waals surface area contributed by atoms with Crippen molar-refractivity contribution in [2.24, 2.45) is 11.1 Å². The fourth-order valence-corrected chi connectivity index (χ4v) is 4.03. The standard InChI is InChI=1S/C24H37N5O3/c1-18(27-20(30)12-8-13-23(2,3)25)21(31)29-15-9-14-24(17-29,22(32)28-26-4)16-19-10-6-5-7-11-19/h5-8,10-12,18,26H,9,13-17,25H2,1-4H3,(H,27,30)(H,28,32)/b12-8+/t18?,24-/m1/s1.